The molecule has 0 radical (unpaired) electrons. The van der Waals surface area contributed by atoms with Crippen molar-refractivity contribution >= 4 is 5.97 Å². The Balaban J connectivity index is 2.06. The molecule has 1 aliphatic carbocycles. The third-order valence-corrected chi connectivity index (χ3v) is 4.41. The fourth-order valence-corrected chi connectivity index (χ4v) is 2.98. The molecule has 0 aromatic heterocycles. The second kappa shape index (κ2) is 5.41. The first-order valence-electron chi connectivity index (χ1n) is 7.57. The second-order valence-corrected chi connectivity index (χ2v) is 6.81. The Labute approximate surface area is 116 Å². The van der Waals surface area contributed by atoms with Crippen molar-refractivity contribution in [1.29, 1.82) is 0 Å². The van der Waals surface area contributed by atoms with Crippen LogP contribution >= 0.6 is 0 Å². The minimum atomic E-state index is -0.571. The Hall–Kier alpha value is -0.610. The molecule has 110 valence electrons. The Morgan fingerprint density at radius 2 is 2.16 bits per heavy atom. The lowest BCUT2D eigenvalue weighted by Gasteiger charge is -2.39. The highest BCUT2D eigenvalue weighted by Gasteiger charge is 2.44. The van der Waals surface area contributed by atoms with Gasteiger partial charge in [0.2, 0.25) is 0 Å². The number of nitrogens with zero attached hydrogens (tertiary/aromatic N) is 1. The van der Waals surface area contributed by atoms with E-state index in [9.17, 15) is 4.79 Å². The number of hydrogen-bond acceptors (Lipinski definition) is 4. The smallest absolute Gasteiger partial charge is 0.327 e. The van der Waals surface area contributed by atoms with E-state index in [-0.39, 0.29) is 11.5 Å². The van der Waals surface area contributed by atoms with Gasteiger partial charge in [-0.3, -0.25) is 15.0 Å². The molecule has 1 aliphatic heterocycles. The summed E-state index contributed by atoms with van der Waals surface area (Å²) in [5.74, 6) is -0.107. The lowest BCUT2D eigenvalue weighted by Crippen LogP contribution is -2.60. The van der Waals surface area contributed by atoms with Crippen molar-refractivity contribution in [3.63, 3.8) is 0 Å². The summed E-state index contributed by atoms with van der Waals surface area (Å²) in [6, 6.07) is 0.500. The molecule has 4 nitrogen and oxygen atoms in total. The largest absolute Gasteiger partial charge is 0.465 e. The molecule has 0 bridgehead atoms. The molecule has 0 aromatic rings. The van der Waals surface area contributed by atoms with Gasteiger partial charge in [0.25, 0.3) is 0 Å². The highest BCUT2D eigenvalue weighted by molar-refractivity contribution is 5.80. The van der Waals surface area contributed by atoms with E-state index in [1.165, 1.54) is 25.7 Å². The van der Waals surface area contributed by atoms with E-state index < -0.39 is 5.54 Å². The van der Waals surface area contributed by atoms with Crippen LogP contribution in [0.15, 0.2) is 0 Å². The SMILES string of the molecule is CCOC(=O)C(C)(CN1CCCC1(C)C)NC1CC1. The van der Waals surface area contributed by atoms with Crippen molar-refractivity contribution in [3.05, 3.63) is 0 Å². The highest BCUT2D eigenvalue weighted by Crippen LogP contribution is 2.31. The first kappa shape index (κ1) is 14.8. The van der Waals surface area contributed by atoms with Crippen LogP contribution in [-0.4, -0.2) is 47.7 Å². The molecule has 19 heavy (non-hydrogen) atoms. The molecule has 2 rings (SSSR count). The van der Waals surface area contributed by atoms with Crippen molar-refractivity contribution in [2.45, 2.75) is 70.5 Å². The number of carbonyl (C=O) groups excluding carboxylic acids is 1. The third-order valence-electron chi connectivity index (χ3n) is 4.41. The van der Waals surface area contributed by atoms with Gasteiger partial charge >= 0.3 is 5.97 Å². The minimum absolute atomic E-state index is 0.107. The van der Waals surface area contributed by atoms with Gasteiger partial charge in [-0.2, -0.15) is 0 Å². The van der Waals surface area contributed by atoms with E-state index in [0.29, 0.717) is 12.6 Å². The first-order chi connectivity index (χ1) is 8.87. The molecule has 1 atom stereocenters. The van der Waals surface area contributed by atoms with E-state index in [2.05, 4.69) is 24.1 Å². The first-order valence-corrected chi connectivity index (χ1v) is 7.57. The summed E-state index contributed by atoms with van der Waals surface area (Å²) in [4.78, 5) is 14.7. The molecule has 1 saturated carbocycles. The van der Waals surface area contributed by atoms with Gasteiger partial charge in [-0.05, 0) is 59.9 Å². The molecule has 1 saturated heterocycles. The number of hydrogen-bond donors (Lipinski definition) is 1. The van der Waals surface area contributed by atoms with Crippen LogP contribution in [0.4, 0.5) is 0 Å². The van der Waals surface area contributed by atoms with Crippen LogP contribution in [0.2, 0.25) is 0 Å². The Bertz CT molecular complexity index is 339. The van der Waals surface area contributed by atoms with E-state index in [1.54, 1.807) is 0 Å². The van der Waals surface area contributed by atoms with E-state index in [1.807, 2.05) is 13.8 Å². The molecule has 0 spiro atoms. The van der Waals surface area contributed by atoms with Crippen molar-refractivity contribution < 1.29 is 9.53 Å². The van der Waals surface area contributed by atoms with Gasteiger partial charge in [-0.15, -0.1) is 0 Å². The number of ether oxygens (including phenoxy) is 1. The average Bonchev–Trinajstić information content (AvgIpc) is 3.05. The molecule has 1 unspecified atom stereocenters. The van der Waals surface area contributed by atoms with Crippen LogP contribution in [0.25, 0.3) is 0 Å². The Morgan fingerprint density at radius 1 is 1.47 bits per heavy atom. The maximum Gasteiger partial charge on any atom is 0.327 e. The van der Waals surface area contributed by atoms with Gasteiger partial charge in [0.1, 0.15) is 5.54 Å². The molecule has 4 heteroatoms. The van der Waals surface area contributed by atoms with E-state index in [0.717, 1.165) is 13.1 Å². The van der Waals surface area contributed by atoms with Crippen molar-refractivity contribution in [1.82, 2.24) is 10.2 Å². The average molecular weight is 268 g/mol. The summed E-state index contributed by atoms with van der Waals surface area (Å²) in [5, 5.41) is 3.50. The summed E-state index contributed by atoms with van der Waals surface area (Å²) in [7, 11) is 0. The summed E-state index contributed by atoms with van der Waals surface area (Å²) in [5.41, 5.74) is -0.377. The summed E-state index contributed by atoms with van der Waals surface area (Å²) >= 11 is 0. The summed E-state index contributed by atoms with van der Waals surface area (Å²) in [6.45, 7) is 10.7. The molecule has 1 N–H and O–H groups in total. The molecular formula is C15H28N2O2. The summed E-state index contributed by atoms with van der Waals surface area (Å²) in [6.07, 6.45) is 4.78. The molecule has 1 heterocycles. The van der Waals surface area contributed by atoms with Gasteiger partial charge in [0, 0.05) is 18.1 Å². The van der Waals surface area contributed by atoms with Gasteiger partial charge in [-0.25, -0.2) is 0 Å². The lowest BCUT2D eigenvalue weighted by molar-refractivity contribution is -0.151. The van der Waals surface area contributed by atoms with Gasteiger partial charge in [0.05, 0.1) is 6.61 Å². The van der Waals surface area contributed by atoms with Gasteiger partial charge in [0.15, 0.2) is 0 Å². The quantitative estimate of drug-likeness (QED) is 0.748. The summed E-state index contributed by atoms with van der Waals surface area (Å²) < 4.78 is 5.29. The predicted molar refractivity (Wildman–Crippen MR) is 76.1 cm³/mol. The predicted octanol–water partition coefficient (Wildman–Crippen LogP) is 1.93. The van der Waals surface area contributed by atoms with Crippen LogP contribution in [0.3, 0.4) is 0 Å². The van der Waals surface area contributed by atoms with Crippen molar-refractivity contribution in [2.75, 3.05) is 19.7 Å². The van der Waals surface area contributed by atoms with E-state index in [4.69, 9.17) is 4.74 Å². The molecule has 0 amide bonds. The monoisotopic (exact) mass is 268 g/mol. The van der Waals surface area contributed by atoms with Crippen molar-refractivity contribution in [2.24, 2.45) is 0 Å². The highest BCUT2D eigenvalue weighted by atomic mass is 16.5. The van der Waals surface area contributed by atoms with Crippen LogP contribution < -0.4 is 5.32 Å². The van der Waals surface area contributed by atoms with Gasteiger partial charge in [-0.1, -0.05) is 0 Å². The zero-order chi connectivity index (χ0) is 14.1. The maximum absolute atomic E-state index is 12.3. The van der Waals surface area contributed by atoms with Gasteiger partial charge < -0.3 is 4.74 Å². The zero-order valence-electron chi connectivity index (χ0n) is 12.8. The molecular weight excluding hydrogens is 240 g/mol. The minimum Gasteiger partial charge on any atom is -0.465 e. The lowest BCUT2D eigenvalue weighted by atomic mass is 9.97. The van der Waals surface area contributed by atoms with E-state index >= 15 is 0 Å². The number of nitrogens with one attached hydrogen (secondary N) is 1. The molecule has 0 aromatic carbocycles. The standard InChI is InChI=1S/C15H28N2O2/c1-5-19-13(18)15(4,16-12-7-8-12)11-17-10-6-9-14(17,2)3/h12,16H,5-11H2,1-4H3. The molecule has 2 aliphatic rings. The number of esters is 1. The van der Waals surface area contributed by atoms with Crippen LogP contribution in [0, 0.1) is 0 Å². The third kappa shape index (κ3) is 3.48. The number of rotatable bonds is 6. The zero-order valence-corrected chi connectivity index (χ0v) is 12.8. The Morgan fingerprint density at radius 3 is 2.63 bits per heavy atom. The molecule has 2 fully saturated rings. The topological polar surface area (TPSA) is 41.6 Å². The number of likely N-dealkylation sites (tertiary alicyclic amines) is 1. The van der Waals surface area contributed by atoms with Crippen molar-refractivity contribution in [3.8, 4) is 0 Å². The second-order valence-electron chi connectivity index (χ2n) is 6.81. The maximum atomic E-state index is 12.3. The fraction of sp³-hybridized carbons (Fsp3) is 0.933. The van der Waals surface area contributed by atoms with Crippen LogP contribution in [0.1, 0.15) is 53.4 Å². The Kier molecular flexibility index (Phi) is 4.21. The normalized spacial score (nSPS) is 26.1. The number of carbonyl (C=O) groups is 1. The van der Waals surface area contributed by atoms with Crippen LogP contribution in [-0.2, 0) is 9.53 Å². The fourth-order valence-electron chi connectivity index (χ4n) is 2.98. The van der Waals surface area contributed by atoms with Crippen LogP contribution in [0.5, 0.6) is 0 Å².